The van der Waals surface area contributed by atoms with Crippen LogP contribution in [0.3, 0.4) is 0 Å². The number of anilines is 1. The predicted octanol–water partition coefficient (Wildman–Crippen LogP) is 4.29. The fourth-order valence-electron chi connectivity index (χ4n) is 2.85. The largest absolute Gasteiger partial charge is 0.497 e. The van der Waals surface area contributed by atoms with Crippen molar-refractivity contribution in [3.8, 4) is 5.75 Å². The second kappa shape index (κ2) is 10.6. The molecule has 3 N–H and O–H groups in total. The van der Waals surface area contributed by atoms with Crippen molar-refractivity contribution in [2.75, 3.05) is 19.0 Å². The van der Waals surface area contributed by atoms with Crippen molar-refractivity contribution in [1.82, 2.24) is 5.32 Å². The highest BCUT2D eigenvalue weighted by molar-refractivity contribution is 6.04. The summed E-state index contributed by atoms with van der Waals surface area (Å²) in [5, 5.41) is 14.9. The molecule has 0 saturated heterocycles. The van der Waals surface area contributed by atoms with Crippen molar-refractivity contribution in [2.45, 2.75) is 45.3 Å². The fourth-order valence-corrected chi connectivity index (χ4v) is 2.85. The van der Waals surface area contributed by atoms with Crippen molar-refractivity contribution in [1.29, 1.82) is 0 Å². The number of amides is 2. The first kappa shape index (κ1) is 23.2. The van der Waals surface area contributed by atoms with E-state index >= 15 is 0 Å². The minimum atomic E-state index is -0.611. The summed E-state index contributed by atoms with van der Waals surface area (Å²) in [6, 6.07) is 13.7. The number of methoxy groups -OCH3 is 1. The van der Waals surface area contributed by atoms with E-state index < -0.39 is 11.7 Å². The van der Waals surface area contributed by atoms with E-state index in [2.05, 4.69) is 10.6 Å². The van der Waals surface area contributed by atoms with E-state index in [1.807, 2.05) is 12.1 Å². The molecule has 0 aromatic heterocycles. The summed E-state index contributed by atoms with van der Waals surface area (Å²) in [6.45, 7) is 5.40. The van der Waals surface area contributed by atoms with Crippen LogP contribution in [0.2, 0.25) is 0 Å². The van der Waals surface area contributed by atoms with Gasteiger partial charge in [-0.25, -0.2) is 4.79 Å². The number of aliphatic hydroxyl groups is 1. The molecule has 0 aliphatic heterocycles. The van der Waals surface area contributed by atoms with E-state index in [4.69, 9.17) is 9.47 Å². The maximum Gasteiger partial charge on any atom is 0.408 e. The number of aliphatic hydroxyl groups excluding tert-OH is 1. The van der Waals surface area contributed by atoms with Crippen molar-refractivity contribution in [3.05, 3.63) is 59.7 Å². The lowest BCUT2D eigenvalue weighted by Crippen LogP contribution is -2.35. The molecule has 0 heterocycles. The highest BCUT2D eigenvalue weighted by atomic mass is 16.6. The van der Waals surface area contributed by atoms with Crippen LogP contribution in [0.25, 0.3) is 0 Å². The van der Waals surface area contributed by atoms with E-state index in [9.17, 15) is 14.7 Å². The number of rotatable bonds is 8. The standard InChI is InChI=1S/C23H30N2O5/c1-23(2,3)30-22(28)25-20(9-6-14-26)17-7-5-8-18(15-17)24-21(27)16-10-12-19(29-4)13-11-16/h5,7-8,10-13,15,20,26H,6,9,14H2,1-4H3,(H,24,27)(H,25,28). The molecule has 0 saturated carbocycles. The molecule has 2 amide bonds. The SMILES string of the molecule is COc1ccc(C(=O)Nc2cccc(C(CCCO)NC(=O)OC(C)(C)C)c2)cc1. The number of alkyl carbamates (subject to hydrolysis) is 1. The topological polar surface area (TPSA) is 96.9 Å². The van der Waals surface area contributed by atoms with Crippen LogP contribution in [0, 0.1) is 0 Å². The zero-order chi connectivity index (χ0) is 22.1. The lowest BCUT2D eigenvalue weighted by Gasteiger charge is -2.24. The number of hydrogen-bond acceptors (Lipinski definition) is 5. The molecule has 2 aromatic rings. The zero-order valence-electron chi connectivity index (χ0n) is 17.9. The van der Waals surface area contributed by atoms with Crippen LogP contribution in [0.4, 0.5) is 10.5 Å². The van der Waals surface area contributed by atoms with Gasteiger partial charge in [-0.05, 0) is 75.6 Å². The Morgan fingerprint density at radius 1 is 1.10 bits per heavy atom. The van der Waals surface area contributed by atoms with Gasteiger partial charge >= 0.3 is 6.09 Å². The maximum absolute atomic E-state index is 12.5. The van der Waals surface area contributed by atoms with Gasteiger partial charge in [0.05, 0.1) is 13.2 Å². The summed E-state index contributed by atoms with van der Waals surface area (Å²) < 4.78 is 10.5. The first-order valence-electron chi connectivity index (χ1n) is 9.87. The highest BCUT2D eigenvalue weighted by Crippen LogP contribution is 2.23. The summed E-state index contributed by atoms with van der Waals surface area (Å²) in [5.41, 5.74) is 1.31. The summed E-state index contributed by atoms with van der Waals surface area (Å²) in [5.74, 6) is 0.426. The van der Waals surface area contributed by atoms with Gasteiger partial charge in [-0.3, -0.25) is 4.79 Å². The molecule has 7 heteroatoms. The number of hydrogen-bond donors (Lipinski definition) is 3. The van der Waals surface area contributed by atoms with E-state index in [1.54, 1.807) is 64.3 Å². The van der Waals surface area contributed by atoms with Gasteiger partial charge in [0.2, 0.25) is 0 Å². The number of ether oxygens (including phenoxy) is 2. The molecule has 0 bridgehead atoms. The third-order valence-corrected chi connectivity index (χ3v) is 4.24. The minimum Gasteiger partial charge on any atom is -0.497 e. The van der Waals surface area contributed by atoms with Gasteiger partial charge in [-0.2, -0.15) is 0 Å². The summed E-state index contributed by atoms with van der Waals surface area (Å²) in [7, 11) is 1.57. The van der Waals surface area contributed by atoms with Crippen molar-refractivity contribution in [2.24, 2.45) is 0 Å². The van der Waals surface area contributed by atoms with Gasteiger partial charge < -0.3 is 25.2 Å². The Morgan fingerprint density at radius 3 is 2.40 bits per heavy atom. The van der Waals surface area contributed by atoms with Crippen LogP contribution < -0.4 is 15.4 Å². The van der Waals surface area contributed by atoms with Gasteiger partial charge in [-0.1, -0.05) is 12.1 Å². The maximum atomic E-state index is 12.5. The summed E-state index contributed by atoms with van der Waals surface area (Å²) in [6.07, 6.45) is 0.521. The molecule has 0 aliphatic rings. The number of nitrogens with one attached hydrogen (secondary N) is 2. The molecule has 0 aliphatic carbocycles. The Hall–Kier alpha value is -3.06. The monoisotopic (exact) mass is 414 g/mol. The van der Waals surface area contributed by atoms with Crippen LogP contribution in [0.5, 0.6) is 5.75 Å². The Labute approximate surface area is 177 Å². The fraction of sp³-hybridized carbons (Fsp3) is 0.391. The molecule has 1 unspecified atom stereocenters. The zero-order valence-corrected chi connectivity index (χ0v) is 17.9. The van der Waals surface area contributed by atoms with Gasteiger partial charge in [-0.15, -0.1) is 0 Å². The third kappa shape index (κ3) is 7.40. The molecule has 2 rings (SSSR count). The normalized spacial score (nSPS) is 12.0. The van der Waals surface area contributed by atoms with E-state index in [0.717, 1.165) is 5.56 Å². The van der Waals surface area contributed by atoms with Gasteiger partial charge in [0, 0.05) is 17.9 Å². The first-order chi connectivity index (χ1) is 14.2. The Bertz CT molecular complexity index is 843. The quantitative estimate of drug-likeness (QED) is 0.599. The number of carbonyl (C=O) groups excluding carboxylic acids is 2. The first-order valence-corrected chi connectivity index (χ1v) is 9.87. The van der Waals surface area contributed by atoms with Gasteiger partial charge in [0.25, 0.3) is 5.91 Å². The average Bonchev–Trinajstić information content (AvgIpc) is 2.70. The number of benzene rings is 2. The third-order valence-electron chi connectivity index (χ3n) is 4.24. The van der Waals surface area contributed by atoms with Crippen molar-refractivity contribution in [3.63, 3.8) is 0 Å². The molecule has 0 fully saturated rings. The molecular weight excluding hydrogens is 384 g/mol. The lowest BCUT2D eigenvalue weighted by molar-refractivity contribution is 0.0498. The number of carbonyl (C=O) groups is 2. The van der Waals surface area contributed by atoms with Crippen LogP contribution in [-0.2, 0) is 4.74 Å². The smallest absolute Gasteiger partial charge is 0.408 e. The van der Waals surface area contributed by atoms with Crippen molar-refractivity contribution < 1.29 is 24.2 Å². The Morgan fingerprint density at radius 2 is 1.80 bits per heavy atom. The molecule has 2 aromatic carbocycles. The van der Waals surface area contributed by atoms with Gasteiger partial charge in [0.15, 0.2) is 0 Å². The molecular formula is C23H30N2O5. The van der Waals surface area contributed by atoms with Crippen LogP contribution in [-0.4, -0.2) is 36.4 Å². The second-order valence-corrected chi connectivity index (χ2v) is 7.87. The highest BCUT2D eigenvalue weighted by Gasteiger charge is 2.21. The van der Waals surface area contributed by atoms with Crippen LogP contribution in [0.15, 0.2) is 48.5 Å². The van der Waals surface area contributed by atoms with Crippen LogP contribution in [0.1, 0.15) is 55.6 Å². The van der Waals surface area contributed by atoms with E-state index in [0.29, 0.717) is 29.8 Å². The van der Waals surface area contributed by atoms with E-state index in [-0.39, 0.29) is 18.6 Å². The predicted molar refractivity (Wildman–Crippen MR) is 116 cm³/mol. The average molecular weight is 415 g/mol. The Kier molecular flexibility index (Phi) is 8.24. The lowest BCUT2D eigenvalue weighted by atomic mass is 10.0. The summed E-state index contributed by atoms with van der Waals surface area (Å²) >= 11 is 0. The molecule has 162 valence electrons. The van der Waals surface area contributed by atoms with Crippen molar-refractivity contribution >= 4 is 17.7 Å². The minimum absolute atomic E-state index is 0.0143. The molecule has 0 radical (unpaired) electrons. The summed E-state index contributed by atoms with van der Waals surface area (Å²) in [4.78, 5) is 24.8. The molecule has 1 atom stereocenters. The molecule has 7 nitrogen and oxygen atoms in total. The second-order valence-electron chi connectivity index (χ2n) is 7.87. The molecule has 30 heavy (non-hydrogen) atoms. The molecule has 0 spiro atoms. The van der Waals surface area contributed by atoms with Gasteiger partial charge in [0.1, 0.15) is 11.4 Å². The Balaban J connectivity index is 2.13. The van der Waals surface area contributed by atoms with Crippen LogP contribution >= 0.6 is 0 Å². The van der Waals surface area contributed by atoms with E-state index in [1.165, 1.54) is 0 Å².